The Hall–Kier alpha value is -1.03. The number of hydrogen-bond donors (Lipinski definition) is 2. The molecule has 3 N–H and O–H groups in total. The number of aryl methyl sites for hydroxylation is 1. The lowest BCUT2D eigenvalue weighted by atomic mass is 9.81. The van der Waals surface area contributed by atoms with E-state index >= 15 is 0 Å². The topological polar surface area (TPSA) is 55.9 Å². The first-order valence-corrected chi connectivity index (χ1v) is 5.30. The molecule has 0 saturated heterocycles. The van der Waals surface area contributed by atoms with E-state index in [1.165, 1.54) is 0 Å². The van der Waals surface area contributed by atoms with Gasteiger partial charge in [-0.3, -0.25) is 0 Å². The molecule has 0 aromatic carbocycles. The summed E-state index contributed by atoms with van der Waals surface area (Å²) in [5.41, 5.74) is 5.73. The summed E-state index contributed by atoms with van der Waals surface area (Å²) in [6.45, 7) is 4.09. The summed E-state index contributed by atoms with van der Waals surface area (Å²) in [5.74, 6) is 1.72. The summed E-state index contributed by atoms with van der Waals surface area (Å²) in [7, 11) is 0. The molecule has 0 aliphatic heterocycles. The van der Waals surface area contributed by atoms with Gasteiger partial charge in [-0.25, -0.2) is 4.98 Å². The van der Waals surface area contributed by atoms with E-state index in [1.54, 1.807) is 0 Å². The fourth-order valence-corrected chi connectivity index (χ4v) is 1.92. The SMILES string of the molecule is CCn1ccnc1NCC1CC(N)C1. The number of anilines is 1. The van der Waals surface area contributed by atoms with Gasteiger partial charge in [0.05, 0.1) is 0 Å². The molecule has 1 aromatic rings. The average molecular weight is 194 g/mol. The number of rotatable bonds is 4. The van der Waals surface area contributed by atoms with Gasteiger partial charge in [0.15, 0.2) is 0 Å². The maximum Gasteiger partial charge on any atom is 0.202 e. The van der Waals surface area contributed by atoms with Crippen LogP contribution in [0.5, 0.6) is 0 Å². The molecule has 1 fully saturated rings. The zero-order valence-corrected chi connectivity index (χ0v) is 8.61. The van der Waals surface area contributed by atoms with E-state index in [2.05, 4.69) is 21.8 Å². The van der Waals surface area contributed by atoms with E-state index in [0.29, 0.717) is 6.04 Å². The number of nitrogens with one attached hydrogen (secondary N) is 1. The van der Waals surface area contributed by atoms with Gasteiger partial charge in [0, 0.05) is 31.5 Å². The van der Waals surface area contributed by atoms with Gasteiger partial charge in [-0.1, -0.05) is 0 Å². The lowest BCUT2D eigenvalue weighted by Gasteiger charge is -2.32. The van der Waals surface area contributed by atoms with Crippen molar-refractivity contribution in [3.8, 4) is 0 Å². The molecule has 1 aliphatic carbocycles. The molecule has 0 atom stereocenters. The number of aromatic nitrogens is 2. The molecule has 14 heavy (non-hydrogen) atoms. The van der Waals surface area contributed by atoms with Gasteiger partial charge in [-0.05, 0) is 25.7 Å². The molecule has 0 bridgehead atoms. The highest BCUT2D eigenvalue weighted by atomic mass is 15.2. The molecule has 0 spiro atoms. The van der Waals surface area contributed by atoms with Crippen molar-refractivity contribution in [2.45, 2.75) is 32.4 Å². The summed E-state index contributed by atoms with van der Waals surface area (Å²) in [5, 5.41) is 3.36. The van der Waals surface area contributed by atoms with E-state index in [4.69, 9.17) is 5.73 Å². The molecule has 0 amide bonds. The van der Waals surface area contributed by atoms with Crippen LogP contribution < -0.4 is 11.1 Å². The summed E-state index contributed by atoms with van der Waals surface area (Å²) < 4.78 is 2.11. The van der Waals surface area contributed by atoms with Crippen LogP contribution in [0.2, 0.25) is 0 Å². The lowest BCUT2D eigenvalue weighted by molar-refractivity contribution is 0.279. The molecule has 1 saturated carbocycles. The molecule has 0 radical (unpaired) electrons. The maximum absolute atomic E-state index is 5.73. The van der Waals surface area contributed by atoms with Crippen LogP contribution in [-0.2, 0) is 6.54 Å². The fourth-order valence-electron chi connectivity index (χ4n) is 1.92. The van der Waals surface area contributed by atoms with Crippen molar-refractivity contribution >= 4 is 5.95 Å². The Morgan fingerprint density at radius 3 is 3.07 bits per heavy atom. The lowest BCUT2D eigenvalue weighted by Crippen LogP contribution is -2.39. The van der Waals surface area contributed by atoms with Crippen LogP contribution in [0.1, 0.15) is 19.8 Å². The second-order valence-corrected chi connectivity index (χ2v) is 4.02. The fraction of sp³-hybridized carbons (Fsp3) is 0.700. The quantitative estimate of drug-likeness (QED) is 0.753. The molecule has 78 valence electrons. The maximum atomic E-state index is 5.73. The van der Waals surface area contributed by atoms with Crippen LogP contribution in [0.15, 0.2) is 12.4 Å². The number of imidazole rings is 1. The van der Waals surface area contributed by atoms with Gasteiger partial charge in [-0.2, -0.15) is 0 Å². The molecular formula is C10H18N4. The van der Waals surface area contributed by atoms with Crippen molar-refractivity contribution < 1.29 is 0 Å². The highest BCUT2D eigenvalue weighted by Gasteiger charge is 2.25. The third kappa shape index (κ3) is 1.90. The third-order valence-electron chi connectivity index (χ3n) is 2.88. The molecule has 1 aromatic heterocycles. The molecular weight excluding hydrogens is 176 g/mol. The van der Waals surface area contributed by atoms with Crippen LogP contribution in [0.25, 0.3) is 0 Å². The predicted molar refractivity (Wildman–Crippen MR) is 57.1 cm³/mol. The minimum atomic E-state index is 0.438. The normalized spacial score (nSPS) is 25.9. The first-order chi connectivity index (χ1) is 6.79. The zero-order valence-electron chi connectivity index (χ0n) is 8.61. The summed E-state index contributed by atoms with van der Waals surface area (Å²) in [4.78, 5) is 4.26. The molecule has 1 aliphatic rings. The predicted octanol–water partition coefficient (Wildman–Crippen LogP) is 1.05. The van der Waals surface area contributed by atoms with Gasteiger partial charge < -0.3 is 15.6 Å². The Balaban J connectivity index is 1.80. The van der Waals surface area contributed by atoms with Gasteiger partial charge in [0.1, 0.15) is 0 Å². The zero-order chi connectivity index (χ0) is 9.97. The summed E-state index contributed by atoms with van der Waals surface area (Å²) in [6.07, 6.45) is 6.13. The van der Waals surface area contributed by atoms with E-state index in [-0.39, 0.29) is 0 Å². The Labute approximate surface area is 84.5 Å². The van der Waals surface area contributed by atoms with Gasteiger partial charge >= 0.3 is 0 Å². The number of nitrogens with zero attached hydrogens (tertiary/aromatic N) is 2. The molecule has 4 nitrogen and oxygen atoms in total. The summed E-state index contributed by atoms with van der Waals surface area (Å²) in [6, 6.07) is 0.438. The molecule has 4 heteroatoms. The first kappa shape index (κ1) is 9.52. The van der Waals surface area contributed by atoms with Crippen molar-refractivity contribution in [2.24, 2.45) is 11.7 Å². The third-order valence-corrected chi connectivity index (χ3v) is 2.88. The van der Waals surface area contributed by atoms with Crippen molar-refractivity contribution in [2.75, 3.05) is 11.9 Å². The van der Waals surface area contributed by atoms with Gasteiger partial charge in [-0.15, -0.1) is 0 Å². The minimum Gasteiger partial charge on any atom is -0.355 e. The van der Waals surface area contributed by atoms with Crippen molar-refractivity contribution in [3.05, 3.63) is 12.4 Å². The van der Waals surface area contributed by atoms with Crippen LogP contribution in [-0.4, -0.2) is 22.1 Å². The second-order valence-electron chi connectivity index (χ2n) is 4.02. The monoisotopic (exact) mass is 194 g/mol. The standard InChI is InChI=1S/C10H18N4/c1-2-14-4-3-12-10(14)13-7-8-5-9(11)6-8/h3-4,8-9H,2,5-7,11H2,1H3,(H,12,13). The average Bonchev–Trinajstić information content (AvgIpc) is 2.57. The second kappa shape index (κ2) is 4.00. The molecule has 1 heterocycles. The number of nitrogens with two attached hydrogens (primary N) is 1. The van der Waals surface area contributed by atoms with Crippen LogP contribution in [0, 0.1) is 5.92 Å². The van der Waals surface area contributed by atoms with E-state index < -0.39 is 0 Å². The van der Waals surface area contributed by atoms with Crippen molar-refractivity contribution in [1.82, 2.24) is 9.55 Å². The first-order valence-electron chi connectivity index (χ1n) is 5.30. The molecule has 0 unspecified atom stereocenters. The van der Waals surface area contributed by atoms with Crippen molar-refractivity contribution in [1.29, 1.82) is 0 Å². The smallest absolute Gasteiger partial charge is 0.202 e. The van der Waals surface area contributed by atoms with Crippen molar-refractivity contribution in [3.63, 3.8) is 0 Å². The van der Waals surface area contributed by atoms with Gasteiger partial charge in [0.2, 0.25) is 5.95 Å². The highest BCUT2D eigenvalue weighted by Crippen LogP contribution is 2.25. The highest BCUT2D eigenvalue weighted by molar-refractivity contribution is 5.25. The largest absolute Gasteiger partial charge is 0.355 e. The Bertz CT molecular complexity index is 288. The van der Waals surface area contributed by atoms with Crippen LogP contribution in [0.4, 0.5) is 5.95 Å². The Morgan fingerprint density at radius 2 is 2.43 bits per heavy atom. The number of hydrogen-bond acceptors (Lipinski definition) is 3. The van der Waals surface area contributed by atoms with Crippen LogP contribution in [0.3, 0.4) is 0 Å². The Kier molecular flexibility index (Phi) is 2.72. The minimum absolute atomic E-state index is 0.438. The van der Waals surface area contributed by atoms with Gasteiger partial charge in [0.25, 0.3) is 0 Å². The van der Waals surface area contributed by atoms with E-state index in [9.17, 15) is 0 Å². The molecule has 2 rings (SSSR count). The van der Waals surface area contributed by atoms with E-state index in [0.717, 1.165) is 37.8 Å². The summed E-state index contributed by atoms with van der Waals surface area (Å²) >= 11 is 0. The van der Waals surface area contributed by atoms with E-state index in [1.807, 2.05) is 12.4 Å². The Morgan fingerprint density at radius 1 is 1.64 bits per heavy atom. The van der Waals surface area contributed by atoms with Crippen LogP contribution >= 0.6 is 0 Å².